The van der Waals surface area contributed by atoms with E-state index in [4.69, 9.17) is 23.2 Å². The van der Waals surface area contributed by atoms with Crippen molar-refractivity contribution in [1.29, 1.82) is 0 Å². The molecule has 2 aromatic rings. The lowest BCUT2D eigenvalue weighted by molar-refractivity contribution is 0.0744. The second-order valence-electron chi connectivity index (χ2n) is 5.77. The highest BCUT2D eigenvalue weighted by molar-refractivity contribution is 7.20. The Morgan fingerprint density at radius 1 is 1.32 bits per heavy atom. The summed E-state index contributed by atoms with van der Waals surface area (Å²) in [6.45, 7) is 3.28. The molecule has 2 aromatic heterocycles. The number of piperidine rings is 1. The first-order valence-electron chi connectivity index (χ1n) is 7.90. The summed E-state index contributed by atoms with van der Waals surface area (Å²) in [5.41, 5.74) is 3.47. The normalized spacial score (nSPS) is 14.0. The fourth-order valence-corrected chi connectivity index (χ4v) is 4.07. The third-order valence-electron chi connectivity index (χ3n) is 3.94. The number of hydrogen-bond donors (Lipinski definition) is 0. The molecule has 0 radical (unpaired) electrons. The van der Waals surface area contributed by atoms with Gasteiger partial charge in [0.2, 0.25) is 0 Å². The molecule has 0 bridgehead atoms. The van der Waals surface area contributed by atoms with Gasteiger partial charge in [0, 0.05) is 18.8 Å². The van der Waals surface area contributed by atoms with Gasteiger partial charge in [-0.15, -0.1) is 11.3 Å². The highest BCUT2D eigenvalue weighted by Crippen LogP contribution is 2.32. The third kappa shape index (κ3) is 4.64. The zero-order valence-corrected chi connectivity index (χ0v) is 16.0. The molecule has 0 spiro atoms. The summed E-state index contributed by atoms with van der Waals surface area (Å²) in [7, 11) is 0. The van der Waals surface area contributed by atoms with Gasteiger partial charge in [-0.2, -0.15) is 0 Å². The summed E-state index contributed by atoms with van der Waals surface area (Å²) in [6.07, 6.45) is 3.58. The number of rotatable bonds is 1. The molecule has 1 fully saturated rings. The predicted molar refractivity (Wildman–Crippen MR) is 103 cm³/mol. The molecule has 0 unspecified atom stereocenters. The standard InChI is InChI=1S/C19H16Cl2N2OS/c1-13-4-2-6-15(22-13)7-3-5-14-8-10-23(11-9-14)19(24)16-12-17(20)25-18(16)21/h2,4-6,12H,8-11H2,1H3. The number of pyridine rings is 1. The van der Waals surface area contributed by atoms with Gasteiger partial charge in [0.1, 0.15) is 10.0 Å². The smallest absolute Gasteiger partial charge is 0.256 e. The summed E-state index contributed by atoms with van der Waals surface area (Å²) in [6, 6.07) is 7.44. The topological polar surface area (TPSA) is 33.2 Å². The van der Waals surface area contributed by atoms with Gasteiger partial charge in [-0.05, 0) is 50.0 Å². The number of nitrogens with zero attached hydrogens (tertiary/aromatic N) is 2. The molecule has 0 aliphatic carbocycles. The largest absolute Gasteiger partial charge is 0.338 e. The van der Waals surface area contributed by atoms with Crippen molar-refractivity contribution in [2.45, 2.75) is 19.8 Å². The zero-order valence-electron chi connectivity index (χ0n) is 13.7. The molecule has 1 saturated heterocycles. The minimum Gasteiger partial charge on any atom is -0.338 e. The Bertz CT molecular complexity index is 882. The maximum Gasteiger partial charge on any atom is 0.256 e. The molecule has 128 valence electrons. The van der Waals surface area contributed by atoms with E-state index in [9.17, 15) is 4.79 Å². The Labute approximate surface area is 161 Å². The van der Waals surface area contributed by atoms with Crippen molar-refractivity contribution in [2.75, 3.05) is 13.1 Å². The second-order valence-corrected chi connectivity index (χ2v) is 8.05. The first-order chi connectivity index (χ1) is 12.0. The summed E-state index contributed by atoms with van der Waals surface area (Å²) in [4.78, 5) is 18.7. The molecule has 0 aromatic carbocycles. The highest BCUT2D eigenvalue weighted by atomic mass is 35.5. The summed E-state index contributed by atoms with van der Waals surface area (Å²) in [5.74, 6) is 6.07. The van der Waals surface area contributed by atoms with Crippen LogP contribution in [0, 0.1) is 18.8 Å². The van der Waals surface area contributed by atoms with E-state index in [1.807, 2.05) is 36.1 Å². The van der Waals surface area contributed by atoms with Crippen LogP contribution in [0.5, 0.6) is 0 Å². The first kappa shape index (κ1) is 18.0. The van der Waals surface area contributed by atoms with Crippen molar-refractivity contribution in [3.8, 4) is 11.8 Å². The molecule has 1 amide bonds. The lowest BCUT2D eigenvalue weighted by atomic mass is 10.0. The molecular formula is C19H16Cl2N2OS. The van der Waals surface area contributed by atoms with E-state index in [-0.39, 0.29) is 5.91 Å². The van der Waals surface area contributed by atoms with Gasteiger partial charge in [-0.1, -0.05) is 40.8 Å². The van der Waals surface area contributed by atoms with Gasteiger partial charge in [-0.25, -0.2) is 4.98 Å². The lowest BCUT2D eigenvalue weighted by Crippen LogP contribution is -2.36. The molecule has 6 heteroatoms. The van der Waals surface area contributed by atoms with Crippen molar-refractivity contribution >= 4 is 40.4 Å². The van der Waals surface area contributed by atoms with E-state index in [1.165, 1.54) is 16.9 Å². The third-order valence-corrected chi connectivity index (χ3v) is 5.43. The van der Waals surface area contributed by atoms with E-state index in [0.717, 1.165) is 24.2 Å². The average molecular weight is 391 g/mol. The van der Waals surface area contributed by atoms with Gasteiger partial charge < -0.3 is 4.90 Å². The number of amides is 1. The first-order valence-corrected chi connectivity index (χ1v) is 9.47. The van der Waals surface area contributed by atoms with Crippen LogP contribution in [0.1, 0.15) is 34.6 Å². The number of thiophene rings is 1. The Morgan fingerprint density at radius 2 is 2.08 bits per heavy atom. The van der Waals surface area contributed by atoms with Crippen LogP contribution >= 0.6 is 34.5 Å². The van der Waals surface area contributed by atoms with Crippen molar-refractivity contribution in [3.05, 3.63) is 61.5 Å². The van der Waals surface area contributed by atoms with Crippen LogP contribution in [0.2, 0.25) is 8.67 Å². The lowest BCUT2D eigenvalue weighted by Gasteiger charge is -2.28. The Hall–Kier alpha value is -1.80. The maximum atomic E-state index is 12.5. The molecule has 3 heterocycles. The van der Waals surface area contributed by atoms with Crippen LogP contribution in [0.15, 0.2) is 35.9 Å². The van der Waals surface area contributed by atoms with Crippen LogP contribution in [0.3, 0.4) is 0 Å². The summed E-state index contributed by atoms with van der Waals surface area (Å²) < 4.78 is 0.985. The van der Waals surface area contributed by atoms with Gasteiger partial charge in [-0.3, -0.25) is 4.79 Å². The van der Waals surface area contributed by atoms with Crippen LogP contribution < -0.4 is 0 Å². The molecule has 1 aliphatic rings. The number of likely N-dealkylation sites (tertiary alicyclic amines) is 1. The molecule has 1 aliphatic heterocycles. The quantitative estimate of drug-likeness (QED) is 0.643. The summed E-state index contributed by atoms with van der Waals surface area (Å²) >= 11 is 13.2. The van der Waals surface area contributed by atoms with Crippen molar-refractivity contribution in [3.63, 3.8) is 0 Å². The predicted octanol–water partition coefficient (Wildman–Crippen LogP) is 4.97. The second kappa shape index (κ2) is 8.05. The van der Waals surface area contributed by atoms with E-state index < -0.39 is 0 Å². The summed E-state index contributed by atoms with van der Waals surface area (Å²) in [5, 5.41) is 0. The number of carbonyl (C=O) groups excluding carboxylic acids is 1. The van der Waals surface area contributed by atoms with Gasteiger partial charge in [0.25, 0.3) is 5.91 Å². The van der Waals surface area contributed by atoms with Crippen LogP contribution in [-0.4, -0.2) is 28.9 Å². The van der Waals surface area contributed by atoms with Crippen molar-refractivity contribution in [1.82, 2.24) is 9.88 Å². The number of aromatic nitrogens is 1. The molecule has 0 saturated carbocycles. The minimum absolute atomic E-state index is 0.0535. The SMILES string of the molecule is Cc1cccc(C#CC=C2CCN(C(=O)c3cc(Cl)sc3Cl)CC2)n1. The number of aryl methyl sites for hydroxylation is 1. The van der Waals surface area contributed by atoms with Crippen LogP contribution in [0.25, 0.3) is 0 Å². The highest BCUT2D eigenvalue weighted by Gasteiger charge is 2.23. The average Bonchev–Trinajstić information content (AvgIpc) is 2.93. The molecular weight excluding hydrogens is 375 g/mol. The molecule has 25 heavy (non-hydrogen) atoms. The molecule has 0 N–H and O–H groups in total. The van der Waals surface area contributed by atoms with E-state index in [0.29, 0.717) is 27.3 Å². The minimum atomic E-state index is -0.0535. The Kier molecular flexibility index (Phi) is 5.80. The van der Waals surface area contributed by atoms with Crippen molar-refractivity contribution in [2.24, 2.45) is 0 Å². The molecule has 3 nitrogen and oxygen atoms in total. The fourth-order valence-electron chi connectivity index (χ4n) is 2.62. The fraction of sp³-hybridized carbons (Fsp3) is 0.263. The van der Waals surface area contributed by atoms with Crippen LogP contribution in [-0.2, 0) is 0 Å². The number of halogens is 2. The van der Waals surface area contributed by atoms with E-state index in [1.54, 1.807) is 6.07 Å². The monoisotopic (exact) mass is 390 g/mol. The Balaban J connectivity index is 1.60. The maximum absolute atomic E-state index is 12.5. The Morgan fingerprint density at radius 3 is 2.72 bits per heavy atom. The number of carbonyl (C=O) groups is 1. The van der Waals surface area contributed by atoms with Gasteiger partial charge in [0.15, 0.2) is 0 Å². The number of allylic oxidation sites excluding steroid dienone is 1. The van der Waals surface area contributed by atoms with E-state index >= 15 is 0 Å². The zero-order chi connectivity index (χ0) is 17.8. The number of hydrogen-bond acceptors (Lipinski definition) is 3. The van der Waals surface area contributed by atoms with Crippen molar-refractivity contribution < 1.29 is 4.79 Å². The molecule has 3 rings (SSSR count). The van der Waals surface area contributed by atoms with Gasteiger partial charge >= 0.3 is 0 Å². The molecule has 0 atom stereocenters. The van der Waals surface area contributed by atoms with Gasteiger partial charge in [0.05, 0.1) is 9.90 Å². The van der Waals surface area contributed by atoms with E-state index in [2.05, 4.69) is 16.8 Å². The van der Waals surface area contributed by atoms with Crippen LogP contribution in [0.4, 0.5) is 0 Å².